The van der Waals surface area contributed by atoms with E-state index in [0.29, 0.717) is 0 Å². The third-order valence-electron chi connectivity index (χ3n) is 9.09. The van der Waals surface area contributed by atoms with Gasteiger partial charge in [-0.1, -0.05) is 0 Å². The fraction of sp³-hybridized carbons (Fsp3) is 0.211. The number of fused-ring (bicyclic) bond motifs is 1. The summed E-state index contributed by atoms with van der Waals surface area (Å²) >= 11 is 0. The number of carbonyl (C=O) groups excluding carboxylic acids is 1. The first kappa shape index (κ1) is 47.6. The maximum Gasteiger partial charge on any atom is 0.296 e. The number of aliphatic hydroxyl groups is 2. The highest BCUT2D eigenvalue weighted by atomic mass is 32.2. The van der Waals surface area contributed by atoms with Crippen molar-refractivity contribution < 1.29 is 73.2 Å². The van der Waals surface area contributed by atoms with Gasteiger partial charge in [0, 0.05) is 23.6 Å². The summed E-state index contributed by atoms with van der Waals surface area (Å²) in [6.45, 7) is 1.38. The molecule has 6 rings (SSSR count). The van der Waals surface area contributed by atoms with E-state index in [4.69, 9.17) is 14.2 Å². The average molecular weight is 957 g/mol. The van der Waals surface area contributed by atoms with Gasteiger partial charge in [0.15, 0.2) is 11.8 Å². The number of aromatic hydroxyl groups is 1. The van der Waals surface area contributed by atoms with Gasteiger partial charge in [0.2, 0.25) is 0 Å². The molecule has 1 aliphatic rings. The number of nitrogens with zero attached hydrogens (tertiary/aromatic N) is 8. The lowest BCUT2D eigenvalue weighted by atomic mass is 10.1. The predicted molar refractivity (Wildman–Crippen MR) is 228 cm³/mol. The minimum Gasteiger partial charge on any atom is -0.505 e. The Bertz CT molecular complexity index is 3160. The zero-order valence-electron chi connectivity index (χ0n) is 33.9. The van der Waals surface area contributed by atoms with E-state index in [1.54, 1.807) is 0 Å². The number of hydrogen-bond acceptors (Lipinski definition) is 20. The summed E-state index contributed by atoms with van der Waals surface area (Å²) in [5.41, 5.74) is -0.359. The molecule has 6 N–H and O–H groups in total. The molecule has 0 aromatic heterocycles. The largest absolute Gasteiger partial charge is 0.505 e. The standard InChI is InChI=1S/C38H36N8O16S3/c1-20-14-27(30(60-3)19-33(20)64(54,55)56)40-41-28-17-32(62-13-11-48)29(18-31(28)61-12-10-47)42-44-36-34(65(57,58)59)16-22-15-23(4-9-26(22)37(36)49)39-43-35-21(2)45-46(38(35)50)24-5-7-25(8-6-24)63(51,52)53/h4-9,14-19,35,47-49H,10-13H2,1-3H3,(H,51,52,53)(H,54,55,56)(H,57,58,59)/b41-40+,43-39+,44-42+. The highest BCUT2D eigenvalue weighted by molar-refractivity contribution is 7.86. The summed E-state index contributed by atoms with van der Waals surface area (Å²) in [6, 6.07) is 13.2. The maximum atomic E-state index is 13.2. The number of rotatable bonds is 17. The molecule has 0 saturated heterocycles. The van der Waals surface area contributed by atoms with Crippen LogP contribution in [0, 0.1) is 6.92 Å². The number of hydrogen-bond donors (Lipinski definition) is 6. The Morgan fingerprint density at radius 1 is 0.677 bits per heavy atom. The molecule has 1 heterocycles. The number of azo groups is 3. The third kappa shape index (κ3) is 10.8. The van der Waals surface area contributed by atoms with E-state index in [1.807, 2.05) is 0 Å². The van der Waals surface area contributed by atoms with Gasteiger partial charge >= 0.3 is 0 Å². The van der Waals surface area contributed by atoms with E-state index in [-0.39, 0.29) is 80.9 Å². The van der Waals surface area contributed by atoms with Gasteiger partial charge in [0.25, 0.3) is 36.3 Å². The summed E-state index contributed by atoms with van der Waals surface area (Å²) in [7, 11) is -13.0. The summed E-state index contributed by atoms with van der Waals surface area (Å²) in [4.78, 5) is 11.5. The Labute approximate surface area is 369 Å². The van der Waals surface area contributed by atoms with Crippen LogP contribution in [0.4, 0.5) is 34.1 Å². The van der Waals surface area contributed by atoms with Gasteiger partial charge in [-0.3, -0.25) is 18.5 Å². The zero-order valence-corrected chi connectivity index (χ0v) is 36.4. The molecular weight excluding hydrogens is 921 g/mol. The van der Waals surface area contributed by atoms with Crippen molar-refractivity contribution in [3.05, 3.63) is 78.4 Å². The molecule has 24 nitrogen and oxygen atoms in total. The van der Waals surface area contributed by atoms with Crippen LogP contribution in [0.1, 0.15) is 12.5 Å². The van der Waals surface area contributed by atoms with Crippen LogP contribution in [-0.4, -0.2) is 105 Å². The second-order valence-corrected chi connectivity index (χ2v) is 17.7. The van der Waals surface area contributed by atoms with Crippen LogP contribution in [-0.2, 0) is 35.1 Å². The molecule has 342 valence electrons. The van der Waals surface area contributed by atoms with Crippen molar-refractivity contribution in [2.24, 2.45) is 35.8 Å². The van der Waals surface area contributed by atoms with Crippen molar-refractivity contribution in [1.82, 2.24) is 0 Å². The number of amides is 1. The van der Waals surface area contributed by atoms with E-state index in [2.05, 4.69) is 35.8 Å². The van der Waals surface area contributed by atoms with Crippen LogP contribution in [0.5, 0.6) is 23.0 Å². The summed E-state index contributed by atoms with van der Waals surface area (Å²) in [5, 5.41) is 60.1. The molecule has 0 radical (unpaired) electrons. The number of anilines is 1. The normalized spacial score (nSPS) is 14.9. The smallest absolute Gasteiger partial charge is 0.296 e. The third-order valence-corrected chi connectivity index (χ3v) is 11.8. The summed E-state index contributed by atoms with van der Waals surface area (Å²) in [6.07, 6.45) is 0. The summed E-state index contributed by atoms with van der Waals surface area (Å²) in [5.74, 6) is -1.72. The van der Waals surface area contributed by atoms with Crippen molar-refractivity contribution >= 4 is 86.9 Å². The van der Waals surface area contributed by atoms with Crippen molar-refractivity contribution in [2.45, 2.75) is 34.6 Å². The number of ether oxygens (including phenoxy) is 3. The Hall–Kier alpha value is -6.85. The average Bonchev–Trinajstić information content (AvgIpc) is 3.53. The monoisotopic (exact) mass is 956 g/mol. The molecule has 0 aliphatic carbocycles. The maximum absolute atomic E-state index is 13.2. The van der Waals surface area contributed by atoms with Crippen LogP contribution >= 0.6 is 0 Å². The van der Waals surface area contributed by atoms with Crippen LogP contribution in [0.15, 0.2) is 123 Å². The van der Waals surface area contributed by atoms with Gasteiger partial charge < -0.3 is 29.5 Å². The highest BCUT2D eigenvalue weighted by Crippen LogP contribution is 2.46. The fourth-order valence-electron chi connectivity index (χ4n) is 6.07. The Morgan fingerprint density at radius 2 is 1.25 bits per heavy atom. The molecule has 65 heavy (non-hydrogen) atoms. The first-order valence-corrected chi connectivity index (χ1v) is 22.8. The van der Waals surface area contributed by atoms with Crippen LogP contribution in [0.2, 0.25) is 0 Å². The lowest BCUT2D eigenvalue weighted by molar-refractivity contribution is -0.117. The zero-order chi connectivity index (χ0) is 47.4. The van der Waals surface area contributed by atoms with Gasteiger partial charge in [-0.2, -0.15) is 45.6 Å². The molecule has 27 heteroatoms. The Kier molecular flexibility index (Phi) is 14.0. The lowest BCUT2D eigenvalue weighted by Gasteiger charge is -2.13. The van der Waals surface area contributed by atoms with E-state index in [1.165, 1.54) is 69.5 Å². The van der Waals surface area contributed by atoms with Crippen LogP contribution in [0.25, 0.3) is 10.8 Å². The fourth-order valence-corrected chi connectivity index (χ4v) is 7.93. The van der Waals surface area contributed by atoms with E-state index >= 15 is 0 Å². The number of phenolic OH excluding ortho intramolecular Hbond substituents is 1. The van der Waals surface area contributed by atoms with Crippen molar-refractivity contribution in [3.63, 3.8) is 0 Å². The molecule has 1 unspecified atom stereocenters. The van der Waals surface area contributed by atoms with Gasteiger partial charge in [-0.05, 0) is 79.4 Å². The van der Waals surface area contributed by atoms with Gasteiger partial charge in [0.1, 0.15) is 63.0 Å². The van der Waals surface area contributed by atoms with Crippen LogP contribution < -0.4 is 19.2 Å². The molecule has 0 bridgehead atoms. The Balaban J connectivity index is 1.34. The first-order chi connectivity index (χ1) is 30.6. The molecule has 0 fully saturated rings. The van der Waals surface area contributed by atoms with Gasteiger partial charge in [-0.25, -0.2) is 0 Å². The Morgan fingerprint density at radius 3 is 1.78 bits per heavy atom. The van der Waals surface area contributed by atoms with Crippen molar-refractivity contribution in [1.29, 1.82) is 0 Å². The highest BCUT2D eigenvalue weighted by Gasteiger charge is 2.35. The molecule has 0 spiro atoms. The second-order valence-electron chi connectivity index (χ2n) is 13.5. The molecule has 1 atom stereocenters. The van der Waals surface area contributed by atoms with Crippen LogP contribution in [0.3, 0.4) is 0 Å². The second kappa shape index (κ2) is 19.1. The molecule has 5 aromatic carbocycles. The van der Waals surface area contributed by atoms with E-state index in [9.17, 15) is 59.0 Å². The molecular formula is C38H36N8O16S3. The molecule has 0 saturated carbocycles. The van der Waals surface area contributed by atoms with E-state index < -0.39 is 81.6 Å². The number of carbonyl (C=O) groups is 1. The quantitative estimate of drug-likeness (QED) is 0.0456. The predicted octanol–water partition coefficient (Wildman–Crippen LogP) is 6.05. The number of methoxy groups -OCH3 is 1. The number of aliphatic hydroxyl groups excluding tert-OH is 2. The number of benzene rings is 5. The number of hydrazone groups is 1. The molecule has 1 amide bonds. The van der Waals surface area contributed by atoms with Gasteiger partial charge in [0.05, 0.1) is 42.3 Å². The van der Waals surface area contributed by atoms with Crippen molar-refractivity contribution in [3.8, 4) is 23.0 Å². The molecule has 1 aliphatic heterocycles. The van der Waals surface area contributed by atoms with Crippen molar-refractivity contribution in [2.75, 3.05) is 38.5 Å². The first-order valence-electron chi connectivity index (χ1n) is 18.4. The minimum atomic E-state index is -5.14. The molecule has 5 aromatic rings. The SMILES string of the molecule is COc1cc(S(=O)(=O)O)c(C)cc1/N=N/c1cc(OCCO)c(/N=N/c2c(S(=O)(=O)O)cc3cc(/N=N/C4C(=O)N(c5ccc(S(=O)(=O)O)cc5)N=C4C)ccc3c2O)cc1OCCO. The van der Waals surface area contributed by atoms with Gasteiger partial charge in [-0.15, -0.1) is 20.5 Å². The topological polar surface area (TPSA) is 358 Å². The number of aryl methyl sites for hydroxylation is 1. The minimum absolute atomic E-state index is 0.00858. The lowest BCUT2D eigenvalue weighted by Crippen LogP contribution is -2.29. The van der Waals surface area contributed by atoms with E-state index in [0.717, 1.165) is 29.3 Å². The summed E-state index contributed by atoms with van der Waals surface area (Å²) < 4.78 is 117. The number of phenols is 1.